The second-order valence-electron chi connectivity index (χ2n) is 7.11. The second-order valence-corrected chi connectivity index (χ2v) is 7.96. The molecule has 2 aromatic carbocycles. The molecule has 2 aromatic rings. The Morgan fingerprint density at radius 1 is 0.889 bits per heavy atom. The maximum absolute atomic E-state index is 5.75. The van der Waals surface area contributed by atoms with Crippen molar-refractivity contribution in [3.8, 4) is 23.0 Å². The molecule has 0 aromatic heterocycles. The molecule has 1 atom stereocenters. The lowest BCUT2D eigenvalue weighted by atomic mass is 9.95. The molecule has 1 unspecified atom stereocenters. The van der Waals surface area contributed by atoms with Gasteiger partial charge in [-0.1, -0.05) is 19.9 Å². The smallest absolute Gasteiger partial charge is 0.175 e. The van der Waals surface area contributed by atoms with Gasteiger partial charge in [0.15, 0.2) is 23.0 Å². The molecule has 0 amide bonds. The van der Waals surface area contributed by atoms with Gasteiger partial charge in [-0.15, -0.1) is 0 Å². The number of rotatable bonds is 5. The van der Waals surface area contributed by atoms with E-state index >= 15 is 0 Å². The Kier molecular flexibility index (Phi) is 5.45. The molecule has 0 radical (unpaired) electrons. The van der Waals surface area contributed by atoms with Crippen molar-refractivity contribution in [2.45, 2.75) is 26.4 Å². The van der Waals surface area contributed by atoms with Gasteiger partial charge in [0.25, 0.3) is 0 Å². The molecular weight excluding hydrogens is 410 g/mol. The molecule has 2 aliphatic rings. The lowest BCUT2D eigenvalue weighted by molar-refractivity contribution is 0.170. The molecule has 144 valence electrons. The summed E-state index contributed by atoms with van der Waals surface area (Å²) in [5.41, 5.74) is 2.35. The molecule has 1 N–H and O–H groups in total. The number of nitrogens with one attached hydrogen (secondary N) is 1. The van der Waals surface area contributed by atoms with E-state index in [0.717, 1.165) is 39.6 Å². The predicted molar refractivity (Wildman–Crippen MR) is 107 cm³/mol. The second kappa shape index (κ2) is 7.98. The third-order valence-electron chi connectivity index (χ3n) is 4.77. The highest BCUT2D eigenvalue weighted by Crippen LogP contribution is 2.39. The highest BCUT2D eigenvalue weighted by molar-refractivity contribution is 9.10. The Bertz CT molecular complexity index is 824. The molecular formula is C21H24BrNO4. The molecule has 0 saturated carbocycles. The summed E-state index contributed by atoms with van der Waals surface area (Å²) < 4.78 is 23.7. The normalized spacial score (nSPS) is 16.3. The Balaban J connectivity index is 1.52. The van der Waals surface area contributed by atoms with E-state index in [2.05, 4.69) is 53.3 Å². The number of ether oxygens (including phenoxy) is 4. The fraction of sp³-hybridized carbons (Fsp3) is 0.429. The highest BCUT2D eigenvalue weighted by Gasteiger charge is 2.21. The Labute approximate surface area is 168 Å². The fourth-order valence-corrected chi connectivity index (χ4v) is 4.09. The SMILES string of the molecule is CC(C)C(NCc1cc(Br)c2c(c1)OCCO2)c1ccc2c(c1)OCCO2. The van der Waals surface area contributed by atoms with Gasteiger partial charge in [-0.05, 0) is 57.2 Å². The third-order valence-corrected chi connectivity index (χ3v) is 5.36. The molecule has 0 saturated heterocycles. The monoisotopic (exact) mass is 433 g/mol. The minimum Gasteiger partial charge on any atom is -0.486 e. The summed E-state index contributed by atoms with van der Waals surface area (Å²) in [5.74, 6) is 3.66. The zero-order valence-electron chi connectivity index (χ0n) is 15.6. The molecule has 6 heteroatoms. The van der Waals surface area contributed by atoms with E-state index in [4.69, 9.17) is 18.9 Å². The zero-order chi connectivity index (χ0) is 18.8. The molecule has 5 nitrogen and oxygen atoms in total. The molecule has 0 bridgehead atoms. The van der Waals surface area contributed by atoms with Crippen molar-refractivity contribution in [1.29, 1.82) is 0 Å². The summed E-state index contributed by atoms with van der Waals surface area (Å²) in [6.07, 6.45) is 0. The quantitative estimate of drug-likeness (QED) is 0.752. The van der Waals surface area contributed by atoms with E-state index in [-0.39, 0.29) is 6.04 Å². The van der Waals surface area contributed by atoms with E-state index < -0.39 is 0 Å². The first-order valence-corrected chi connectivity index (χ1v) is 10.1. The van der Waals surface area contributed by atoms with E-state index in [0.29, 0.717) is 32.3 Å². The van der Waals surface area contributed by atoms with Crippen LogP contribution in [0.3, 0.4) is 0 Å². The van der Waals surface area contributed by atoms with E-state index in [1.165, 1.54) is 5.56 Å². The third kappa shape index (κ3) is 4.01. The maximum atomic E-state index is 5.75. The molecule has 0 aliphatic carbocycles. The van der Waals surface area contributed by atoms with Crippen LogP contribution in [0.1, 0.15) is 31.0 Å². The Hall–Kier alpha value is -1.92. The largest absolute Gasteiger partial charge is 0.486 e. The molecule has 0 fully saturated rings. The Morgan fingerprint density at radius 3 is 2.37 bits per heavy atom. The molecule has 2 aliphatic heterocycles. The summed E-state index contributed by atoms with van der Waals surface area (Å²) in [5, 5.41) is 3.68. The van der Waals surface area contributed by atoms with E-state index in [1.807, 2.05) is 12.1 Å². The first-order chi connectivity index (χ1) is 13.1. The summed E-state index contributed by atoms with van der Waals surface area (Å²) in [6.45, 7) is 7.54. The number of benzene rings is 2. The van der Waals surface area contributed by atoms with Crippen LogP contribution in [0.2, 0.25) is 0 Å². The van der Waals surface area contributed by atoms with E-state index in [1.54, 1.807) is 0 Å². The lowest BCUT2D eigenvalue weighted by Crippen LogP contribution is -2.26. The number of halogens is 1. The lowest BCUT2D eigenvalue weighted by Gasteiger charge is -2.26. The van der Waals surface area contributed by atoms with Crippen molar-refractivity contribution in [1.82, 2.24) is 5.32 Å². The van der Waals surface area contributed by atoms with Crippen molar-refractivity contribution in [2.24, 2.45) is 5.92 Å². The number of fused-ring (bicyclic) bond motifs is 2. The van der Waals surface area contributed by atoms with Gasteiger partial charge in [0.2, 0.25) is 0 Å². The molecule has 27 heavy (non-hydrogen) atoms. The average Bonchev–Trinajstić information content (AvgIpc) is 2.68. The van der Waals surface area contributed by atoms with Gasteiger partial charge in [-0.2, -0.15) is 0 Å². The standard InChI is InChI=1S/C21H24BrNO4/c1-13(2)20(15-3-4-17-18(11-15)25-6-5-24-17)23-12-14-9-16(22)21-19(10-14)26-7-8-27-21/h3-4,9-11,13,20,23H,5-8,12H2,1-2H3. The molecule has 2 heterocycles. The fourth-order valence-electron chi connectivity index (χ4n) is 3.49. The summed E-state index contributed by atoms with van der Waals surface area (Å²) >= 11 is 3.59. The molecule has 4 rings (SSSR count). The van der Waals surface area contributed by atoms with Crippen molar-refractivity contribution in [3.05, 3.63) is 45.9 Å². The van der Waals surface area contributed by atoms with Crippen molar-refractivity contribution in [2.75, 3.05) is 26.4 Å². The van der Waals surface area contributed by atoms with Crippen LogP contribution in [-0.4, -0.2) is 26.4 Å². The van der Waals surface area contributed by atoms with Gasteiger partial charge in [-0.3, -0.25) is 0 Å². The maximum Gasteiger partial charge on any atom is 0.175 e. The first kappa shape index (κ1) is 18.4. The zero-order valence-corrected chi connectivity index (χ0v) is 17.2. The summed E-state index contributed by atoms with van der Waals surface area (Å²) in [4.78, 5) is 0. The summed E-state index contributed by atoms with van der Waals surface area (Å²) in [7, 11) is 0. The van der Waals surface area contributed by atoms with Crippen LogP contribution >= 0.6 is 15.9 Å². The van der Waals surface area contributed by atoms with E-state index in [9.17, 15) is 0 Å². The molecule has 0 spiro atoms. The number of hydrogen-bond acceptors (Lipinski definition) is 5. The van der Waals surface area contributed by atoms with Crippen LogP contribution in [-0.2, 0) is 6.54 Å². The van der Waals surface area contributed by atoms with Crippen molar-refractivity contribution >= 4 is 15.9 Å². The Morgan fingerprint density at radius 2 is 1.59 bits per heavy atom. The van der Waals surface area contributed by atoms with Crippen LogP contribution < -0.4 is 24.3 Å². The van der Waals surface area contributed by atoms with Gasteiger partial charge >= 0.3 is 0 Å². The van der Waals surface area contributed by atoms with Crippen LogP contribution in [0.15, 0.2) is 34.8 Å². The van der Waals surface area contributed by atoms with Gasteiger partial charge in [0.05, 0.1) is 4.47 Å². The average molecular weight is 434 g/mol. The van der Waals surface area contributed by atoms with Crippen molar-refractivity contribution < 1.29 is 18.9 Å². The van der Waals surface area contributed by atoms with Crippen LogP contribution in [0, 0.1) is 5.92 Å². The topological polar surface area (TPSA) is 49.0 Å². The van der Waals surface area contributed by atoms with Crippen LogP contribution in [0.25, 0.3) is 0 Å². The minimum absolute atomic E-state index is 0.202. The van der Waals surface area contributed by atoms with Gasteiger partial charge in [0.1, 0.15) is 26.4 Å². The van der Waals surface area contributed by atoms with Crippen LogP contribution in [0.5, 0.6) is 23.0 Å². The van der Waals surface area contributed by atoms with Crippen molar-refractivity contribution in [3.63, 3.8) is 0 Å². The van der Waals surface area contributed by atoms with Gasteiger partial charge < -0.3 is 24.3 Å². The van der Waals surface area contributed by atoms with Crippen LogP contribution in [0.4, 0.5) is 0 Å². The van der Waals surface area contributed by atoms with Gasteiger partial charge in [-0.25, -0.2) is 0 Å². The minimum atomic E-state index is 0.202. The number of hydrogen-bond donors (Lipinski definition) is 1. The highest BCUT2D eigenvalue weighted by atomic mass is 79.9. The van der Waals surface area contributed by atoms with Gasteiger partial charge in [0, 0.05) is 12.6 Å². The first-order valence-electron chi connectivity index (χ1n) is 9.33. The summed E-state index contributed by atoms with van der Waals surface area (Å²) in [6, 6.07) is 10.5. The predicted octanol–water partition coefficient (Wildman–Crippen LogP) is 4.48.